The number of carboxylic acids is 1. The van der Waals surface area contributed by atoms with Crippen LogP contribution in [0.4, 0.5) is 0 Å². The van der Waals surface area contributed by atoms with Gasteiger partial charge in [0.25, 0.3) is 0 Å². The predicted octanol–water partition coefficient (Wildman–Crippen LogP) is 3.88. The molecule has 1 atom stereocenters. The van der Waals surface area contributed by atoms with Crippen molar-refractivity contribution in [2.75, 3.05) is 7.11 Å². The fraction of sp³-hybridized carbons (Fsp3) is 0.316. The van der Waals surface area contributed by atoms with Crippen molar-refractivity contribution in [2.24, 2.45) is 5.92 Å². The minimum absolute atomic E-state index is 0.222. The SMILES string of the molecule is COc1ccc(C(NCc2ccc(C(=O)O)cc2)C(C)C)cc1. The number of carbonyl (C=O) groups is 1. The third-order valence-electron chi connectivity index (χ3n) is 3.87. The Labute approximate surface area is 137 Å². The van der Waals surface area contributed by atoms with E-state index in [9.17, 15) is 4.79 Å². The number of carboxylic acid groups (broad SMARTS) is 1. The standard InChI is InChI=1S/C19H23NO3/c1-13(2)18(15-8-10-17(23-3)11-9-15)20-12-14-4-6-16(7-5-14)19(21)22/h4-11,13,18,20H,12H2,1-3H3,(H,21,22). The highest BCUT2D eigenvalue weighted by Crippen LogP contribution is 2.24. The van der Waals surface area contributed by atoms with Crippen molar-refractivity contribution in [3.8, 4) is 5.75 Å². The first-order valence-electron chi connectivity index (χ1n) is 7.71. The number of hydrogen-bond donors (Lipinski definition) is 2. The Bertz CT molecular complexity index is 633. The maximum atomic E-state index is 10.9. The molecule has 0 radical (unpaired) electrons. The molecule has 0 aliphatic heterocycles. The van der Waals surface area contributed by atoms with Gasteiger partial charge in [0.05, 0.1) is 12.7 Å². The lowest BCUT2D eigenvalue weighted by Crippen LogP contribution is -2.25. The number of ether oxygens (including phenoxy) is 1. The van der Waals surface area contributed by atoms with E-state index in [4.69, 9.17) is 9.84 Å². The van der Waals surface area contributed by atoms with Gasteiger partial charge in [-0.2, -0.15) is 0 Å². The van der Waals surface area contributed by atoms with E-state index >= 15 is 0 Å². The van der Waals surface area contributed by atoms with E-state index in [2.05, 4.69) is 31.3 Å². The van der Waals surface area contributed by atoms with E-state index in [0.29, 0.717) is 18.0 Å². The van der Waals surface area contributed by atoms with Crippen LogP contribution in [0.2, 0.25) is 0 Å². The van der Waals surface area contributed by atoms with Gasteiger partial charge in [0.2, 0.25) is 0 Å². The summed E-state index contributed by atoms with van der Waals surface area (Å²) in [5.41, 5.74) is 2.58. The van der Waals surface area contributed by atoms with Crippen molar-refractivity contribution in [3.63, 3.8) is 0 Å². The Hall–Kier alpha value is -2.33. The summed E-state index contributed by atoms with van der Waals surface area (Å²) >= 11 is 0. The molecular weight excluding hydrogens is 290 g/mol. The van der Waals surface area contributed by atoms with Crippen LogP contribution >= 0.6 is 0 Å². The zero-order chi connectivity index (χ0) is 16.8. The van der Waals surface area contributed by atoms with Crippen molar-refractivity contribution in [1.82, 2.24) is 5.32 Å². The average Bonchev–Trinajstić information content (AvgIpc) is 2.55. The lowest BCUT2D eigenvalue weighted by Gasteiger charge is -2.23. The number of benzene rings is 2. The van der Waals surface area contributed by atoms with Crippen LogP contribution in [0.15, 0.2) is 48.5 Å². The molecular formula is C19H23NO3. The maximum Gasteiger partial charge on any atom is 0.335 e. The topological polar surface area (TPSA) is 58.6 Å². The first kappa shape index (κ1) is 17.0. The van der Waals surface area contributed by atoms with Gasteiger partial charge >= 0.3 is 5.97 Å². The average molecular weight is 313 g/mol. The minimum Gasteiger partial charge on any atom is -0.497 e. The van der Waals surface area contributed by atoms with Gasteiger partial charge in [0.1, 0.15) is 5.75 Å². The number of rotatable bonds is 7. The minimum atomic E-state index is -0.900. The number of hydrogen-bond acceptors (Lipinski definition) is 3. The molecule has 0 aliphatic rings. The highest BCUT2D eigenvalue weighted by molar-refractivity contribution is 5.87. The summed E-state index contributed by atoms with van der Waals surface area (Å²) in [6.07, 6.45) is 0. The van der Waals surface area contributed by atoms with Crippen molar-refractivity contribution in [2.45, 2.75) is 26.4 Å². The van der Waals surface area contributed by atoms with Crippen LogP contribution in [0, 0.1) is 5.92 Å². The Morgan fingerprint density at radius 3 is 2.17 bits per heavy atom. The zero-order valence-electron chi connectivity index (χ0n) is 13.7. The van der Waals surface area contributed by atoms with Crippen LogP contribution in [0.3, 0.4) is 0 Å². The fourth-order valence-electron chi connectivity index (χ4n) is 2.54. The monoisotopic (exact) mass is 313 g/mol. The highest BCUT2D eigenvalue weighted by Gasteiger charge is 2.15. The second-order valence-corrected chi connectivity index (χ2v) is 5.88. The molecule has 0 aliphatic carbocycles. The zero-order valence-corrected chi connectivity index (χ0v) is 13.7. The fourth-order valence-corrected chi connectivity index (χ4v) is 2.54. The second kappa shape index (κ2) is 7.79. The first-order chi connectivity index (χ1) is 11.0. The summed E-state index contributed by atoms with van der Waals surface area (Å²) in [4.78, 5) is 10.9. The van der Waals surface area contributed by atoms with Crippen molar-refractivity contribution in [3.05, 3.63) is 65.2 Å². The Morgan fingerprint density at radius 1 is 1.09 bits per heavy atom. The third-order valence-corrected chi connectivity index (χ3v) is 3.87. The molecule has 122 valence electrons. The smallest absolute Gasteiger partial charge is 0.335 e. The molecule has 0 fully saturated rings. The normalized spacial score (nSPS) is 12.2. The van der Waals surface area contributed by atoms with Gasteiger partial charge in [0, 0.05) is 12.6 Å². The number of methoxy groups -OCH3 is 1. The molecule has 0 spiro atoms. The van der Waals surface area contributed by atoms with E-state index in [1.807, 2.05) is 24.3 Å². The van der Waals surface area contributed by atoms with Gasteiger partial charge in [-0.25, -0.2) is 4.79 Å². The highest BCUT2D eigenvalue weighted by atomic mass is 16.5. The molecule has 23 heavy (non-hydrogen) atoms. The van der Waals surface area contributed by atoms with Gasteiger partial charge in [-0.15, -0.1) is 0 Å². The molecule has 4 heteroatoms. The van der Waals surface area contributed by atoms with Crippen LogP contribution in [0.5, 0.6) is 5.75 Å². The lowest BCUT2D eigenvalue weighted by atomic mass is 9.95. The van der Waals surface area contributed by atoms with E-state index in [1.165, 1.54) is 5.56 Å². The van der Waals surface area contributed by atoms with E-state index in [1.54, 1.807) is 19.2 Å². The van der Waals surface area contributed by atoms with Gasteiger partial charge in [-0.3, -0.25) is 0 Å². The molecule has 0 saturated heterocycles. The summed E-state index contributed by atoms with van der Waals surface area (Å²) in [5.74, 6) is 0.380. The molecule has 2 N–H and O–H groups in total. The largest absolute Gasteiger partial charge is 0.497 e. The molecule has 0 amide bonds. The van der Waals surface area contributed by atoms with Crippen LogP contribution in [0.25, 0.3) is 0 Å². The molecule has 2 rings (SSSR count). The Balaban J connectivity index is 2.05. The Morgan fingerprint density at radius 2 is 1.70 bits per heavy atom. The number of aromatic carboxylic acids is 1. The molecule has 0 saturated carbocycles. The molecule has 0 bridgehead atoms. The summed E-state index contributed by atoms with van der Waals surface area (Å²) < 4.78 is 5.20. The third kappa shape index (κ3) is 4.57. The van der Waals surface area contributed by atoms with Gasteiger partial charge in [-0.05, 0) is 41.3 Å². The molecule has 0 heterocycles. The molecule has 0 aromatic heterocycles. The maximum absolute atomic E-state index is 10.9. The predicted molar refractivity (Wildman–Crippen MR) is 90.8 cm³/mol. The summed E-state index contributed by atoms with van der Waals surface area (Å²) in [7, 11) is 1.66. The van der Waals surface area contributed by atoms with Gasteiger partial charge < -0.3 is 15.2 Å². The van der Waals surface area contributed by atoms with Gasteiger partial charge in [-0.1, -0.05) is 38.1 Å². The summed E-state index contributed by atoms with van der Waals surface area (Å²) in [6, 6.07) is 15.3. The van der Waals surface area contributed by atoms with Crippen LogP contribution in [-0.2, 0) is 6.54 Å². The van der Waals surface area contributed by atoms with E-state index in [0.717, 1.165) is 11.3 Å². The lowest BCUT2D eigenvalue weighted by molar-refractivity contribution is 0.0697. The quantitative estimate of drug-likeness (QED) is 0.814. The molecule has 2 aromatic carbocycles. The Kier molecular flexibility index (Phi) is 5.77. The summed E-state index contributed by atoms with van der Waals surface area (Å²) in [5, 5.41) is 12.5. The molecule has 1 unspecified atom stereocenters. The van der Waals surface area contributed by atoms with Crippen molar-refractivity contribution in [1.29, 1.82) is 0 Å². The van der Waals surface area contributed by atoms with Crippen LogP contribution < -0.4 is 10.1 Å². The number of nitrogens with one attached hydrogen (secondary N) is 1. The molecule has 2 aromatic rings. The van der Waals surface area contributed by atoms with Crippen LogP contribution in [-0.4, -0.2) is 18.2 Å². The van der Waals surface area contributed by atoms with E-state index in [-0.39, 0.29) is 6.04 Å². The van der Waals surface area contributed by atoms with Crippen molar-refractivity contribution < 1.29 is 14.6 Å². The molecule has 4 nitrogen and oxygen atoms in total. The van der Waals surface area contributed by atoms with Gasteiger partial charge in [0.15, 0.2) is 0 Å². The first-order valence-corrected chi connectivity index (χ1v) is 7.71. The van der Waals surface area contributed by atoms with Crippen molar-refractivity contribution >= 4 is 5.97 Å². The van der Waals surface area contributed by atoms with E-state index < -0.39 is 5.97 Å². The summed E-state index contributed by atoms with van der Waals surface area (Å²) in [6.45, 7) is 5.04. The second-order valence-electron chi connectivity index (χ2n) is 5.88. The van der Waals surface area contributed by atoms with Crippen LogP contribution in [0.1, 0.15) is 41.4 Å².